The summed E-state index contributed by atoms with van der Waals surface area (Å²) in [6, 6.07) is 2.70. The average Bonchev–Trinajstić information content (AvgIpc) is 3.22. The Balaban J connectivity index is 2.26. The highest BCUT2D eigenvalue weighted by atomic mass is 32.2. The molecular formula is C23H32N6O6S. The molecule has 4 amide bonds. The Bertz CT molecular complexity index is 1100. The standard InChI is InChI=1S/C23H32N6O6S/c1-12(24)20(31)28-17(9-13-11-26-15-6-4-3-5-14(13)15)21(32)29-18(10-19(25)30)22(33)27-16(23(34)35)7-8-36-2/h3-6,11-12,16-18,26H,7-10,24H2,1-2H3,(H2,25,30)(H,27,33)(H,28,31)(H,29,32)(H,34,35). The summed E-state index contributed by atoms with van der Waals surface area (Å²) < 4.78 is 0. The fourth-order valence-corrected chi connectivity index (χ4v) is 3.95. The van der Waals surface area contributed by atoms with Gasteiger partial charge in [-0.25, -0.2) is 4.79 Å². The number of para-hydroxylation sites is 1. The van der Waals surface area contributed by atoms with Gasteiger partial charge in [-0.1, -0.05) is 18.2 Å². The van der Waals surface area contributed by atoms with E-state index in [2.05, 4.69) is 20.9 Å². The number of thioether (sulfide) groups is 1. The maximum atomic E-state index is 13.2. The minimum absolute atomic E-state index is 0.0602. The number of aliphatic carboxylic acids is 1. The van der Waals surface area contributed by atoms with Gasteiger partial charge in [0.2, 0.25) is 23.6 Å². The number of carbonyl (C=O) groups is 5. The zero-order valence-corrected chi connectivity index (χ0v) is 20.9. The second kappa shape index (κ2) is 13.5. The number of H-pyrrole nitrogens is 1. The lowest BCUT2D eigenvalue weighted by Crippen LogP contribution is -2.58. The van der Waals surface area contributed by atoms with Gasteiger partial charge in [-0.2, -0.15) is 11.8 Å². The van der Waals surface area contributed by atoms with Crippen LogP contribution < -0.4 is 27.4 Å². The number of hydrogen-bond acceptors (Lipinski definition) is 7. The number of rotatable bonds is 14. The van der Waals surface area contributed by atoms with E-state index in [-0.39, 0.29) is 12.8 Å². The number of carboxylic acid groups (broad SMARTS) is 1. The highest BCUT2D eigenvalue weighted by molar-refractivity contribution is 7.98. The van der Waals surface area contributed by atoms with Crippen LogP contribution in [0.4, 0.5) is 0 Å². The number of nitrogens with one attached hydrogen (secondary N) is 4. The smallest absolute Gasteiger partial charge is 0.326 e. The van der Waals surface area contributed by atoms with Crippen LogP contribution in [0.25, 0.3) is 10.9 Å². The van der Waals surface area contributed by atoms with Gasteiger partial charge >= 0.3 is 5.97 Å². The molecule has 1 heterocycles. The van der Waals surface area contributed by atoms with Gasteiger partial charge in [0.25, 0.3) is 0 Å². The van der Waals surface area contributed by atoms with Crippen LogP contribution in [0.3, 0.4) is 0 Å². The molecule has 13 heteroatoms. The van der Waals surface area contributed by atoms with Gasteiger partial charge in [-0.15, -0.1) is 0 Å². The van der Waals surface area contributed by atoms with E-state index in [1.54, 1.807) is 12.5 Å². The lowest BCUT2D eigenvalue weighted by Gasteiger charge is -2.24. The maximum absolute atomic E-state index is 13.2. The third-order valence-corrected chi connectivity index (χ3v) is 6.05. The summed E-state index contributed by atoms with van der Waals surface area (Å²) in [6.07, 6.45) is 3.15. The molecule has 2 aromatic rings. The molecule has 0 spiro atoms. The molecule has 1 aromatic heterocycles. The number of aromatic nitrogens is 1. The lowest BCUT2D eigenvalue weighted by atomic mass is 10.0. The molecule has 0 saturated heterocycles. The second-order valence-corrected chi connectivity index (χ2v) is 9.31. The Morgan fingerprint density at radius 3 is 2.22 bits per heavy atom. The van der Waals surface area contributed by atoms with E-state index in [9.17, 15) is 29.1 Å². The van der Waals surface area contributed by atoms with E-state index >= 15 is 0 Å². The topological polar surface area (TPSA) is 209 Å². The molecule has 36 heavy (non-hydrogen) atoms. The predicted octanol–water partition coefficient (Wildman–Crippen LogP) is -0.775. The van der Waals surface area contributed by atoms with Crippen molar-refractivity contribution in [1.82, 2.24) is 20.9 Å². The van der Waals surface area contributed by atoms with Crippen LogP contribution in [0.15, 0.2) is 30.5 Å². The van der Waals surface area contributed by atoms with Gasteiger partial charge in [-0.3, -0.25) is 19.2 Å². The third-order valence-electron chi connectivity index (χ3n) is 5.41. The molecule has 0 radical (unpaired) electrons. The number of nitrogens with two attached hydrogens (primary N) is 2. The minimum Gasteiger partial charge on any atom is -0.480 e. The van der Waals surface area contributed by atoms with Crippen LogP contribution in [-0.2, 0) is 30.4 Å². The molecule has 0 aliphatic heterocycles. The molecule has 12 nitrogen and oxygen atoms in total. The number of hydrogen-bond donors (Lipinski definition) is 7. The highest BCUT2D eigenvalue weighted by Gasteiger charge is 2.31. The number of benzene rings is 1. The summed E-state index contributed by atoms with van der Waals surface area (Å²) in [4.78, 5) is 64.6. The SMILES string of the molecule is CSCCC(NC(=O)C(CC(N)=O)NC(=O)C(Cc1c[nH]c2ccccc12)NC(=O)C(C)N)C(=O)O. The van der Waals surface area contributed by atoms with Crippen molar-refractivity contribution in [2.45, 2.75) is 50.4 Å². The summed E-state index contributed by atoms with van der Waals surface area (Å²) in [5, 5.41) is 17.6. The molecule has 196 valence electrons. The van der Waals surface area contributed by atoms with E-state index in [1.807, 2.05) is 24.3 Å². The van der Waals surface area contributed by atoms with E-state index in [4.69, 9.17) is 11.5 Å². The van der Waals surface area contributed by atoms with E-state index in [1.165, 1.54) is 18.7 Å². The van der Waals surface area contributed by atoms with E-state index < -0.39 is 60.2 Å². The molecule has 0 bridgehead atoms. The number of carbonyl (C=O) groups excluding carboxylic acids is 4. The number of aromatic amines is 1. The van der Waals surface area contributed by atoms with Gasteiger partial charge < -0.3 is 37.5 Å². The average molecular weight is 521 g/mol. The number of fused-ring (bicyclic) bond motifs is 1. The Morgan fingerprint density at radius 2 is 1.61 bits per heavy atom. The van der Waals surface area contributed by atoms with Crippen LogP contribution in [0.2, 0.25) is 0 Å². The fraction of sp³-hybridized carbons (Fsp3) is 0.435. The van der Waals surface area contributed by atoms with Crippen molar-refractivity contribution < 1.29 is 29.1 Å². The first kappa shape index (κ1) is 28.7. The van der Waals surface area contributed by atoms with Gasteiger partial charge in [0, 0.05) is 23.5 Å². The number of carboxylic acids is 1. The van der Waals surface area contributed by atoms with Gasteiger partial charge in [-0.05, 0) is 37.0 Å². The van der Waals surface area contributed by atoms with Crippen molar-refractivity contribution in [1.29, 1.82) is 0 Å². The molecular weight excluding hydrogens is 488 g/mol. The first-order valence-electron chi connectivity index (χ1n) is 11.2. The summed E-state index contributed by atoms with van der Waals surface area (Å²) in [5.41, 5.74) is 12.5. The van der Waals surface area contributed by atoms with E-state index in [0.29, 0.717) is 5.75 Å². The molecule has 0 fully saturated rings. The molecule has 1 aromatic carbocycles. The molecule has 0 saturated carbocycles. The van der Waals surface area contributed by atoms with Crippen LogP contribution in [0.1, 0.15) is 25.3 Å². The minimum atomic E-state index is -1.44. The second-order valence-electron chi connectivity index (χ2n) is 8.33. The Kier molecular flexibility index (Phi) is 10.7. The normalized spacial score (nSPS) is 14.3. The molecule has 4 atom stereocenters. The molecule has 0 aliphatic carbocycles. The lowest BCUT2D eigenvalue weighted by molar-refractivity contribution is -0.142. The van der Waals surface area contributed by atoms with Crippen molar-refractivity contribution in [3.8, 4) is 0 Å². The summed E-state index contributed by atoms with van der Waals surface area (Å²) in [7, 11) is 0. The van der Waals surface area contributed by atoms with Crippen molar-refractivity contribution in [3.05, 3.63) is 36.0 Å². The third kappa shape index (κ3) is 8.27. The monoisotopic (exact) mass is 520 g/mol. The fourth-order valence-electron chi connectivity index (χ4n) is 3.48. The Hall–Kier alpha value is -3.58. The van der Waals surface area contributed by atoms with Crippen molar-refractivity contribution in [2.24, 2.45) is 11.5 Å². The first-order valence-corrected chi connectivity index (χ1v) is 12.6. The summed E-state index contributed by atoms with van der Waals surface area (Å²) >= 11 is 1.41. The quantitative estimate of drug-likeness (QED) is 0.168. The predicted molar refractivity (Wildman–Crippen MR) is 136 cm³/mol. The van der Waals surface area contributed by atoms with Crippen LogP contribution in [0.5, 0.6) is 0 Å². The molecule has 4 unspecified atom stereocenters. The Morgan fingerprint density at radius 1 is 1.00 bits per heavy atom. The van der Waals surface area contributed by atoms with E-state index in [0.717, 1.165) is 16.5 Å². The molecule has 9 N–H and O–H groups in total. The zero-order valence-electron chi connectivity index (χ0n) is 20.1. The first-order chi connectivity index (χ1) is 17.0. The largest absolute Gasteiger partial charge is 0.480 e. The molecule has 2 rings (SSSR count). The van der Waals surface area contributed by atoms with Crippen LogP contribution in [0, 0.1) is 0 Å². The maximum Gasteiger partial charge on any atom is 0.326 e. The van der Waals surface area contributed by atoms with Gasteiger partial charge in [0.05, 0.1) is 12.5 Å². The molecule has 0 aliphatic rings. The van der Waals surface area contributed by atoms with Crippen LogP contribution in [-0.4, -0.2) is 75.9 Å². The van der Waals surface area contributed by atoms with Crippen molar-refractivity contribution in [3.63, 3.8) is 0 Å². The highest BCUT2D eigenvalue weighted by Crippen LogP contribution is 2.19. The number of primary amides is 1. The van der Waals surface area contributed by atoms with Crippen LogP contribution >= 0.6 is 11.8 Å². The number of amides is 4. The Labute approximate surface area is 212 Å². The van der Waals surface area contributed by atoms with Crippen molar-refractivity contribution >= 4 is 52.3 Å². The van der Waals surface area contributed by atoms with Crippen molar-refractivity contribution in [2.75, 3.05) is 12.0 Å². The van der Waals surface area contributed by atoms with Gasteiger partial charge in [0.1, 0.15) is 18.1 Å². The van der Waals surface area contributed by atoms with Gasteiger partial charge in [0.15, 0.2) is 0 Å². The zero-order chi connectivity index (χ0) is 26.8. The summed E-state index contributed by atoms with van der Waals surface area (Å²) in [6.45, 7) is 1.46. The summed E-state index contributed by atoms with van der Waals surface area (Å²) in [5.74, 6) is -3.87.